The molecule has 5 atom stereocenters. The Balaban J connectivity index is 1.38. The second-order valence-corrected chi connectivity index (χ2v) is 12.1. The average molecular weight is 690 g/mol. The number of ether oxygens (including phenoxy) is 4. The predicted molar refractivity (Wildman–Crippen MR) is 158 cm³/mol. The maximum absolute atomic E-state index is 15.0. The third-order valence-corrected chi connectivity index (χ3v) is 8.12. The predicted octanol–water partition coefficient (Wildman–Crippen LogP) is 2.13. The van der Waals surface area contributed by atoms with E-state index < -0.39 is 68.4 Å². The molecule has 3 heterocycles. The van der Waals surface area contributed by atoms with Crippen LogP contribution in [0, 0.1) is 5.92 Å². The molecule has 0 radical (unpaired) electrons. The van der Waals surface area contributed by atoms with Crippen LogP contribution in [0.2, 0.25) is 0 Å². The number of methoxy groups -OCH3 is 2. The van der Waals surface area contributed by atoms with Crippen LogP contribution in [0.5, 0.6) is 11.5 Å². The van der Waals surface area contributed by atoms with E-state index in [0.29, 0.717) is 27.0 Å². The minimum absolute atomic E-state index is 0.252. The smallest absolute Gasteiger partial charge is 0.413 e. The molecule has 0 aliphatic carbocycles. The highest BCUT2D eigenvalue weighted by Gasteiger charge is 2.60. The number of halogens is 2. The van der Waals surface area contributed by atoms with E-state index >= 15 is 8.78 Å². The van der Waals surface area contributed by atoms with E-state index in [0.717, 1.165) is 12.3 Å². The highest BCUT2D eigenvalue weighted by Crippen LogP contribution is 2.45. The summed E-state index contributed by atoms with van der Waals surface area (Å²) >= 11 is 0. The van der Waals surface area contributed by atoms with E-state index in [2.05, 4.69) is 20.7 Å². The van der Waals surface area contributed by atoms with E-state index in [1.54, 1.807) is 32.0 Å². The molecule has 47 heavy (non-hydrogen) atoms. The summed E-state index contributed by atoms with van der Waals surface area (Å²) in [6.45, 7) is 1.85. The summed E-state index contributed by atoms with van der Waals surface area (Å²) in [5.41, 5.74) is -0.898. The van der Waals surface area contributed by atoms with Crippen LogP contribution < -0.4 is 30.9 Å². The Labute approximate surface area is 265 Å². The molecule has 1 saturated heterocycles. The number of nitrogens with zero attached hydrogens (tertiary/aromatic N) is 2. The van der Waals surface area contributed by atoms with Gasteiger partial charge in [-0.15, -0.1) is 0 Å². The lowest BCUT2D eigenvalue weighted by atomic mass is 10.1. The number of likely N-dealkylation sites (N-methyl/N-ethyl adjacent to an activating group) is 1. The molecule has 1 aliphatic rings. The van der Waals surface area contributed by atoms with Crippen molar-refractivity contribution in [1.82, 2.24) is 20.0 Å². The number of amides is 2. The Kier molecular flexibility index (Phi) is 10.9. The first-order valence-electron chi connectivity index (χ1n) is 14.0. The normalized spacial score (nSPS) is 20.9. The summed E-state index contributed by atoms with van der Waals surface area (Å²) in [5.74, 6) is -4.34. The van der Waals surface area contributed by atoms with Gasteiger partial charge >= 0.3 is 25.5 Å². The fourth-order valence-electron chi connectivity index (χ4n) is 4.59. The summed E-state index contributed by atoms with van der Waals surface area (Å²) in [6, 6.07) is 4.75. The van der Waals surface area contributed by atoms with Gasteiger partial charge in [0.15, 0.2) is 24.0 Å². The number of anilines is 1. The first-order chi connectivity index (χ1) is 22.1. The molecule has 0 saturated carbocycles. The zero-order valence-electron chi connectivity index (χ0n) is 25.8. The molecule has 5 N–H and O–H groups in total. The number of nitrogens with one attached hydrogen (secondary N) is 3. The number of rotatable bonds is 13. The van der Waals surface area contributed by atoms with Gasteiger partial charge in [-0.1, -0.05) is 13.8 Å². The highest BCUT2D eigenvalue weighted by molar-refractivity contribution is 7.50. The van der Waals surface area contributed by atoms with Crippen LogP contribution in [0.15, 0.2) is 39.7 Å². The third kappa shape index (κ3) is 8.06. The standard InChI is InChI=1S/C27H34F2N5O12P/c1-13(2)20(23(36)30-3)33-47(39,40)44-12-18-22(35)27(28,29)24(46-18)34-7-6-19(31-25(34)37)32-26(38)43-11-16-9-14-8-15(41-4)10-17(42-5)21(14)45-16/h6-10,13,18,20,22,24,35H,11-12H2,1-5H3,(H,30,36)(H2,33,39,40)(H,31,32,37,38)/t18-,20?,22-,24-/m1/s1. The largest absolute Gasteiger partial charge is 0.497 e. The van der Waals surface area contributed by atoms with Crippen molar-refractivity contribution in [2.24, 2.45) is 5.92 Å². The molecule has 20 heteroatoms. The molecule has 1 aromatic carbocycles. The Morgan fingerprint density at radius 2 is 1.94 bits per heavy atom. The number of carbonyl (C=O) groups excluding carboxylic acids is 2. The molecule has 2 aromatic heterocycles. The minimum atomic E-state index is -4.75. The van der Waals surface area contributed by atoms with Crippen molar-refractivity contribution >= 4 is 36.5 Å². The van der Waals surface area contributed by atoms with Crippen molar-refractivity contribution in [3.8, 4) is 11.5 Å². The van der Waals surface area contributed by atoms with Gasteiger partial charge in [-0.05, 0) is 24.1 Å². The topological polar surface area (TPSA) is 222 Å². The lowest BCUT2D eigenvalue weighted by Gasteiger charge is -2.24. The van der Waals surface area contributed by atoms with Gasteiger partial charge in [0.05, 0.1) is 26.9 Å². The molecule has 4 rings (SSSR count). The van der Waals surface area contributed by atoms with E-state index in [1.165, 1.54) is 21.3 Å². The maximum atomic E-state index is 15.0. The first-order valence-corrected chi connectivity index (χ1v) is 15.5. The summed E-state index contributed by atoms with van der Waals surface area (Å²) in [6.07, 6.45) is -7.03. The van der Waals surface area contributed by atoms with Crippen LogP contribution in [0.1, 0.15) is 25.8 Å². The number of hydrogen-bond donors (Lipinski definition) is 5. The van der Waals surface area contributed by atoms with Crippen LogP contribution >= 0.6 is 7.75 Å². The first kappa shape index (κ1) is 35.7. The molecule has 1 aliphatic heterocycles. The highest BCUT2D eigenvalue weighted by atomic mass is 31.2. The lowest BCUT2D eigenvalue weighted by Crippen LogP contribution is -2.45. The van der Waals surface area contributed by atoms with Gasteiger partial charge in [-0.3, -0.25) is 19.2 Å². The second-order valence-electron chi connectivity index (χ2n) is 10.6. The van der Waals surface area contributed by atoms with Crippen LogP contribution in [0.3, 0.4) is 0 Å². The zero-order chi connectivity index (χ0) is 34.7. The number of benzene rings is 1. The molecular weight excluding hydrogens is 655 g/mol. The Hall–Kier alpha value is -4.13. The number of aliphatic hydroxyl groups is 1. The van der Waals surface area contributed by atoms with E-state index in [4.69, 9.17) is 27.9 Å². The molecular formula is C27H34F2N5O12P. The number of fused-ring (bicyclic) bond motifs is 1. The number of furan rings is 1. The zero-order valence-corrected chi connectivity index (χ0v) is 26.7. The summed E-state index contributed by atoms with van der Waals surface area (Å²) < 4.78 is 74.2. The number of aliphatic hydroxyl groups excluding tert-OH is 1. The summed E-state index contributed by atoms with van der Waals surface area (Å²) in [7, 11) is -0.496. The van der Waals surface area contributed by atoms with Crippen LogP contribution in [0.25, 0.3) is 11.0 Å². The van der Waals surface area contributed by atoms with Gasteiger partial charge in [0.25, 0.3) is 0 Å². The van der Waals surface area contributed by atoms with Crippen LogP contribution in [-0.4, -0.2) is 83.6 Å². The molecule has 3 aromatic rings. The van der Waals surface area contributed by atoms with E-state index in [-0.39, 0.29) is 18.2 Å². The molecule has 0 spiro atoms. The van der Waals surface area contributed by atoms with E-state index in [9.17, 15) is 28.9 Å². The molecule has 17 nitrogen and oxygen atoms in total. The van der Waals surface area contributed by atoms with Gasteiger partial charge in [-0.2, -0.15) is 13.8 Å². The van der Waals surface area contributed by atoms with Crippen LogP contribution in [0.4, 0.5) is 19.4 Å². The van der Waals surface area contributed by atoms with Gasteiger partial charge in [-0.25, -0.2) is 19.2 Å². The quantitative estimate of drug-likeness (QED) is 0.162. The second kappa shape index (κ2) is 14.3. The minimum Gasteiger partial charge on any atom is -0.497 e. The molecule has 2 unspecified atom stereocenters. The van der Waals surface area contributed by atoms with Crippen molar-refractivity contribution in [3.05, 3.63) is 46.7 Å². The van der Waals surface area contributed by atoms with Crippen molar-refractivity contribution in [3.63, 3.8) is 0 Å². The van der Waals surface area contributed by atoms with Crippen molar-refractivity contribution in [1.29, 1.82) is 0 Å². The van der Waals surface area contributed by atoms with Gasteiger partial charge in [0.2, 0.25) is 12.1 Å². The lowest BCUT2D eigenvalue weighted by molar-refractivity contribution is -0.140. The number of aromatic nitrogens is 2. The Bertz CT molecular complexity index is 1720. The van der Waals surface area contributed by atoms with Crippen molar-refractivity contribution < 1.29 is 60.8 Å². The summed E-state index contributed by atoms with van der Waals surface area (Å²) in [5, 5.41) is 17.5. The fourth-order valence-corrected chi connectivity index (χ4v) is 5.78. The van der Waals surface area contributed by atoms with Gasteiger partial charge in [0, 0.05) is 24.7 Å². The van der Waals surface area contributed by atoms with Gasteiger partial charge < -0.3 is 38.7 Å². The SMILES string of the molecule is CNC(=O)C(NP(=O)(O)OC[C@H]1O[C@@H](n2ccc(NC(=O)OCc3cc4cc(OC)cc(OC)c4o3)nc2=O)C(F)(F)[C@@H]1O)C(C)C. The van der Waals surface area contributed by atoms with E-state index in [1.807, 2.05) is 0 Å². The van der Waals surface area contributed by atoms with Crippen LogP contribution in [-0.2, 0) is 30.0 Å². The number of carbonyl (C=O) groups is 2. The van der Waals surface area contributed by atoms with Crippen molar-refractivity contribution in [2.45, 2.75) is 50.9 Å². The maximum Gasteiger partial charge on any atom is 0.413 e. The third-order valence-electron chi connectivity index (χ3n) is 7.01. The summed E-state index contributed by atoms with van der Waals surface area (Å²) in [4.78, 5) is 50.7. The monoisotopic (exact) mass is 689 g/mol. The molecule has 1 fully saturated rings. The Morgan fingerprint density at radius 3 is 2.55 bits per heavy atom. The van der Waals surface area contributed by atoms with Gasteiger partial charge in [0.1, 0.15) is 23.4 Å². The fraction of sp³-hybridized carbons (Fsp3) is 0.481. The Morgan fingerprint density at radius 1 is 1.21 bits per heavy atom. The number of alkyl halides is 2. The average Bonchev–Trinajstić information content (AvgIpc) is 3.54. The van der Waals surface area contributed by atoms with Crippen molar-refractivity contribution in [2.75, 3.05) is 33.2 Å². The molecule has 258 valence electrons. The number of hydrogen-bond acceptors (Lipinski definition) is 12. The molecule has 0 bridgehead atoms. The molecule has 2 amide bonds.